The van der Waals surface area contributed by atoms with E-state index in [4.69, 9.17) is 4.74 Å². The lowest BCUT2D eigenvalue weighted by Gasteiger charge is -2.25. The Morgan fingerprint density at radius 3 is 2.90 bits per heavy atom. The van der Waals surface area contributed by atoms with Crippen LogP contribution < -0.4 is 10.1 Å². The van der Waals surface area contributed by atoms with Crippen LogP contribution in [0.2, 0.25) is 0 Å². The van der Waals surface area contributed by atoms with E-state index in [2.05, 4.69) is 5.32 Å². The Hall–Kier alpha value is -1.55. The number of rotatable bonds is 6. The molecule has 1 aromatic rings. The van der Waals surface area contributed by atoms with Gasteiger partial charge in [0.05, 0.1) is 6.54 Å². The van der Waals surface area contributed by atoms with Gasteiger partial charge in [-0.3, -0.25) is 4.79 Å². The molecular weight excluding hydrogens is 252 g/mol. The average molecular weight is 276 g/mol. The van der Waals surface area contributed by atoms with Gasteiger partial charge in [-0.25, -0.2) is 0 Å². The smallest absolute Gasteiger partial charge is 0.222 e. The first kappa shape index (κ1) is 14.9. The van der Waals surface area contributed by atoms with E-state index in [1.54, 1.807) is 4.90 Å². The molecule has 1 aliphatic rings. The van der Waals surface area contributed by atoms with Crippen LogP contribution in [0.3, 0.4) is 0 Å². The molecule has 0 spiro atoms. The molecule has 1 saturated heterocycles. The van der Waals surface area contributed by atoms with Gasteiger partial charge in [0, 0.05) is 13.5 Å². The van der Waals surface area contributed by atoms with Gasteiger partial charge in [0.15, 0.2) is 0 Å². The second kappa shape index (κ2) is 7.90. The van der Waals surface area contributed by atoms with E-state index in [0.29, 0.717) is 25.5 Å². The van der Waals surface area contributed by atoms with Crippen molar-refractivity contribution < 1.29 is 9.53 Å². The minimum atomic E-state index is 0.218. The predicted molar refractivity (Wildman–Crippen MR) is 79.8 cm³/mol. The summed E-state index contributed by atoms with van der Waals surface area (Å²) in [5.41, 5.74) is 0. The standard InChI is InChI=1S/C16H24N2O2/c1-18(10-11-20-15-7-3-2-4-8-15)16(19)12-14-6-5-9-17-13-14/h2-4,7-8,14,17H,5-6,9-13H2,1H3. The van der Waals surface area contributed by atoms with Gasteiger partial charge in [-0.05, 0) is 44.0 Å². The van der Waals surface area contributed by atoms with E-state index in [1.165, 1.54) is 6.42 Å². The van der Waals surface area contributed by atoms with Crippen LogP contribution in [-0.4, -0.2) is 44.1 Å². The lowest BCUT2D eigenvalue weighted by Crippen LogP contribution is -2.36. The zero-order valence-corrected chi connectivity index (χ0v) is 12.2. The molecule has 1 amide bonds. The number of amides is 1. The van der Waals surface area contributed by atoms with E-state index in [0.717, 1.165) is 25.3 Å². The van der Waals surface area contributed by atoms with Gasteiger partial charge >= 0.3 is 0 Å². The van der Waals surface area contributed by atoms with Crippen molar-refractivity contribution in [2.24, 2.45) is 5.92 Å². The van der Waals surface area contributed by atoms with Gasteiger partial charge in [-0.1, -0.05) is 18.2 Å². The summed E-state index contributed by atoms with van der Waals surface area (Å²) in [5.74, 6) is 1.56. The number of ether oxygens (including phenoxy) is 1. The molecule has 0 bridgehead atoms. The molecule has 0 radical (unpaired) electrons. The number of hydrogen-bond donors (Lipinski definition) is 1. The molecule has 20 heavy (non-hydrogen) atoms. The second-order valence-electron chi connectivity index (χ2n) is 5.39. The molecule has 4 nitrogen and oxygen atoms in total. The molecule has 0 saturated carbocycles. The van der Waals surface area contributed by atoms with E-state index < -0.39 is 0 Å². The minimum Gasteiger partial charge on any atom is -0.492 e. The van der Waals surface area contributed by atoms with Crippen molar-refractivity contribution in [2.45, 2.75) is 19.3 Å². The molecule has 1 heterocycles. The molecular formula is C16H24N2O2. The van der Waals surface area contributed by atoms with Gasteiger partial charge in [0.25, 0.3) is 0 Å². The van der Waals surface area contributed by atoms with Gasteiger partial charge in [0.1, 0.15) is 12.4 Å². The molecule has 0 aliphatic carbocycles. The Morgan fingerprint density at radius 1 is 1.40 bits per heavy atom. The van der Waals surface area contributed by atoms with Crippen LogP contribution in [0, 0.1) is 5.92 Å². The predicted octanol–water partition coefficient (Wildman–Crippen LogP) is 1.91. The average Bonchev–Trinajstić information content (AvgIpc) is 2.49. The van der Waals surface area contributed by atoms with Gasteiger partial charge in [-0.2, -0.15) is 0 Å². The number of nitrogens with zero attached hydrogens (tertiary/aromatic N) is 1. The number of benzene rings is 1. The maximum Gasteiger partial charge on any atom is 0.222 e. The largest absolute Gasteiger partial charge is 0.492 e. The van der Waals surface area contributed by atoms with Crippen LogP contribution in [0.15, 0.2) is 30.3 Å². The highest BCUT2D eigenvalue weighted by atomic mass is 16.5. The molecule has 0 aromatic heterocycles. The summed E-state index contributed by atoms with van der Waals surface area (Å²) in [7, 11) is 1.85. The van der Waals surface area contributed by atoms with Crippen LogP contribution in [-0.2, 0) is 4.79 Å². The zero-order valence-electron chi connectivity index (χ0n) is 12.2. The maximum absolute atomic E-state index is 12.1. The summed E-state index contributed by atoms with van der Waals surface area (Å²) in [4.78, 5) is 13.9. The number of nitrogens with one attached hydrogen (secondary N) is 1. The summed E-state index contributed by atoms with van der Waals surface area (Å²) >= 11 is 0. The highest BCUT2D eigenvalue weighted by molar-refractivity contribution is 5.76. The molecule has 1 N–H and O–H groups in total. The van der Waals surface area contributed by atoms with E-state index in [9.17, 15) is 4.79 Å². The minimum absolute atomic E-state index is 0.218. The van der Waals surface area contributed by atoms with Crippen molar-refractivity contribution in [3.05, 3.63) is 30.3 Å². The molecule has 4 heteroatoms. The molecule has 1 unspecified atom stereocenters. The van der Waals surface area contributed by atoms with Gasteiger partial charge in [0.2, 0.25) is 5.91 Å². The van der Waals surface area contributed by atoms with Crippen molar-refractivity contribution >= 4 is 5.91 Å². The van der Waals surface area contributed by atoms with Gasteiger partial charge in [-0.15, -0.1) is 0 Å². The molecule has 2 rings (SSSR count). The Balaban J connectivity index is 1.65. The number of carbonyl (C=O) groups excluding carboxylic acids is 1. The monoisotopic (exact) mass is 276 g/mol. The van der Waals surface area contributed by atoms with Gasteiger partial charge < -0.3 is 15.0 Å². The first-order valence-corrected chi connectivity index (χ1v) is 7.38. The third-order valence-electron chi connectivity index (χ3n) is 3.73. The summed E-state index contributed by atoms with van der Waals surface area (Å²) < 4.78 is 5.61. The van der Waals surface area contributed by atoms with Crippen molar-refractivity contribution in [1.82, 2.24) is 10.2 Å². The number of piperidine rings is 1. The number of likely N-dealkylation sites (N-methyl/N-ethyl adjacent to an activating group) is 1. The fraction of sp³-hybridized carbons (Fsp3) is 0.562. The first-order valence-electron chi connectivity index (χ1n) is 7.38. The van der Waals surface area contributed by atoms with Crippen LogP contribution in [0.4, 0.5) is 0 Å². The Labute approximate surface area is 121 Å². The third kappa shape index (κ3) is 4.85. The number of hydrogen-bond acceptors (Lipinski definition) is 3. The lowest BCUT2D eigenvalue weighted by molar-refractivity contribution is -0.131. The van der Waals surface area contributed by atoms with Crippen molar-refractivity contribution in [2.75, 3.05) is 33.3 Å². The SMILES string of the molecule is CN(CCOc1ccccc1)C(=O)CC1CCCNC1. The normalized spacial score (nSPS) is 18.6. The second-order valence-corrected chi connectivity index (χ2v) is 5.39. The van der Waals surface area contributed by atoms with Crippen molar-refractivity contribution in [3.8, 4) is 5.75 Å². The lowest BCUT2D eigenvalue weighted by atomic mass is 9.96. The Morgan fingerprint density at radius 2 is 2.20 bits per heavy atom. The molecule has 110 valence electrons. The summed E-state index contributed by atoms with van der Waals surface area (Å²) in [6.07, 6.45) is 2.99. The fourth-order valence-corrected chi connectivity index (χ4v) is 2.44. The Bertz CT molecular complexity index is 402. The highest BCUT2D eigenvalue weighted by Crippen LogP contribution is 2.15. The topological polar surface area (TPSA) is 41.6 Å². The molecule has 1 atom stereocenters. The maximum atomic E-state index is 12.1. The summed E-state index contributed by atoms with van der Waals surface area (Å²) in [5, 5.41) is 3.35. The first-order chi connectivity index (χ1) is 9.75. The van der Waals surface area contributed by atoms with Crippen LogP contribution in [0.25, 0.3) is 0 Å². The number of para-hydroxylation sites is 1. The summed E-state index contributed by atoms with van der Waals surface area (Å²) in [6.45, 7) is 3.23. The van der Waals surface area contributed by atoms with Crippen molar-refractivity contribution in [3.63, 3.8) is 0 Å². The van der Waals surface area contributed by atoms with Crippen LogP contribution in [0.5, 0.6) is 5.75 Å². The molecule has 1 aliphatic heterocycles. The zero-order chi connectivity index (χ0) is 14.2. The van der Waals surface area contributed by atoms with E-state index >= 15 is 0 Å². The fourth-order valence-electron chi connectivity index (χ4n) is 2.44. The quantitative estimate of drug-likeness (QED) is 0.863. The third-order valence-corrected chi connectivity index (χ3v) is 3.73. The van der Waals surface area contributed by atoms with E-state index in [-0.39, 0.29) is 5.91 Å². The Kier molecular flexibility index (Phi) is 5.87. The number of carbonyl (C=O) groups is 1. The van der Waals surface area contributed by atoms with Crippen LogP contribution >= 0.6 is 0 Å². The van der Waals surface area contributed by atoms with Crippen LogP contribution in [0.1, 0.15) is 19.3 Å². The molecule has 1 fully saturated rings. The van der Waals surface area contributed by atoms with E-state index in [1.807, 2.05) is 37.4 Å². The molecule has 1 aromatic carbocycles. The highest BCUT2D eigenvalue weighted by Gasteiger charge is 2.18. The van der Waals surface area contributed by atoms with Crippen molar-refractivity contribution in [1.29, 1.82) is 0 Å². The summed E-state index contributed by atoms with van der Waals surface area (Å²) in [6, 6.07) is 9.70.